The van der Waals surface area contributed by atoms with Crippen molar-refractivity contribution in [1.82, 2.24) is 4.31 Å². The van der Waals surface area contributed by atoms with E-state index in [9.17, 15) is 8.42 Å². The minimum absolute atomic E-state index is 0.335. The summed E-state index contributed by atoms with van der Waals surface area (Å²) in [6, 6.07) is 5.25. The average Bonchev–Trinajstić information content (AvgIpc) is 2.50. The highest BCUT2D eigenvalue weighted by Gasteiger charge is 2.36. The first-order chi connectivity index (χ1) is 9.84. The van der Waals surface area contributed by atoms with Gasteiger partial charge in [0.2, 0.25) is 10.0 Å². The number of sulfonamides is 1. The zero-order valence-electron chi connectivity index (χ0n) is 13.0. The fraction of sp³-hybridized carbons (Fsp3) is 0.625. The van der Waals surface area contributed by atoms with E-state index in [1.807, 2.05) is 13.0 Å². The van der Waals surface area contributed by atoms with E-state index < -0.39 is 10.0 Å². The summed E-state index contributed by atoms with van der Waals surface area (Å²) in [6.07, 6.45) is 4.20. The molecule has 5 heteroatoms. The quantitative estimate of drug-likeness (QED) is 0.786. The van der Waals surface area contributed by atoms with Crippen molar-refractivity contribution < 1.29 is 8.42 Å². The Hall–Kier alpha value is -0.390. The summed E-state index contributed by atoms with van der Waals surface area (Å²) in [7, 11) is -3.36. The van der Waals surface area contributed by atoms with Gasteiger partial charge in [0, 0.05) is 17.6 Å². The lowest BCUT2D eigenvalue weighted by Crippen LogP contribution is -2.42. The largest absolute Gasteiger partial charge is 0.243 e. The Balaban J connectivity index is 2.20. The molecule has 0 aromatic heterocycles. The second kappa shape index (κ2) is 6.39. The maximum atomic E-state index is 12.7. The molecule has 21 heavy (non-hydrogen) atoms. The van der Waals surface area contributed by atoms with Crippen molar-refractivity contribution in [3.05, 3.63) is 28.2 Å². The molecular weight excluding hydrogens is 350 g/mol. The zero-order valence-corrected chi connectivity index (χ0v) is 15.4. The van der Waals surface area contributed by atoms with Crippen LogP contribution in [0, 0.1) is 12.3 Å². The van der Waals surface area contributed by atoms with E-state index in [1.165, 1.54) is 0 Å². The van der Waals surface area contributed by atoms with Crippen LogP contribution in [0.25, 0.3) is 0 Å². The summed E-state index contributed by atoms with van der Waals surface area (Å²) in [4.78, 5) is 0.406. The van der Waals surface area contributed by atoms with Crippen LogP contribution in [0.3, 0.4) is 0 Å². The topological polar surface area (TPSA) is 37.4 Å². The Labute approximate surface area is 136 Å². The fourth-order valence-corrected chi connectivity index (χ4v) is 4.86. The molecule has 1 aliphatic heterocycles. The van der Waals surface area contributed by atoms with Gasteiger partial charge >= 0.3 is 0 Å². The normalized spacial score (nSPS) is 19.6. The lowest BCUT2D eigenvalue weighted by atomic mass is 9.75. The minimum atomic E-state index is -3.36. The van der Waals surface area contributed by atoms with Crippen molar-refractivity contribution in [2.45, 2.75) is 51.3 Å². The molecule has 3 nitrogen and oxygen atoms in total. The number of hydrogen-bond acceptors (Lipinski definition) is 2. The minimum Gasteiger partial charge on any atom is -0.207 e. The van der Waals surface area contributed by atoms with Gasteiger partial charge in [-0.05, 0) is 48.9 Å². The molecule has 1 aromatic rings. The van der Waals surface area contributed by atoms with E-state index in [-0.39, 0.29) is 0 Å². The fourth-order valence-electron chi connectivity index (χ4n) is 3.08. The van der Waals surface area contributed by atoms with Crippen LogP contribution < -0.4 is 0 Å². The van der Waals surface area contributed by atoms with E-state index >= 15 is 0 Å². The second-order valence-electron chi connectivity index (χ2n) is 6.02. The van der Waals surface area contributed by atoms with Crippen LogP contribution in [0.5, 0.6) is 0 Å². The Morgan fingerprint density at radius 1 is 1.19 bits per heavy atom. The molecule has 1 fully saturated rings. The van der Waals surface area contributed by atoms with E-state index in [0.29, 0.717) is 23.4 Å². The van der Waals surface area contributed by atoms with Crippen LogP contribution in [0.1, 0.15) is 45.1 Å². The number of hydrogen-bond donors (Lipinski definition) is 0. The van der Waals surface area contributed by atoms with Crippen LogP contribution in [0.4, 0.5) is 0 Å². The molecule has 0 unspecified atom stereocenters. The Bertz CT molecular complexity index is 599. The molecule has 118 valence electrons. The van der Waals surface area contributed by atoms with Crippen molar-refractivity contribution in [3.63, 3.8) is 0 Å². The number of halogens is 1. The summed E-state index contributed by atoms with van der Waals surface area (Å²) >= 11 is 3.42. The molecule has 1 heterocycles. The number of benzene rings is 1. The SMILES string of the molecule is CCC1(CC)CCN(S(=O)(=O)c2ccc(Br)c(C)c2)CC1. The summed E-state index contributed by atoms with van der Waals surface area (Å²) in [6.45, 7) is 7.62. The molecule has 0 radical (unpaired) electrons. The summed E-state index contributed by atoms with van der Waals surface area (Å²) in [5.74, 6) is 0. The Kier molecular flexibility index (Phi) is 5.16. The number of rotatable bonds is 4. The highest BCUT2D eigenvalue weighted by molar-refractivity contribution is 9.10. The smallest absolute Gasteiger partial charge is 0.207 e. The first kappa shape index (κ1) is 17.0. The molecule has 1 saturated heterocycles. The van der Waals surface area contributed by atoms with Gasteiger partial charge in [-0.15, -0.1) is 0 Å². The van der Waals surface area contributed by atoms with E-state index in [0.717, 1.165) is 35.7 Å². The van der Waals surface area contributed by atoms with E-state index in [4.69, 9.17) is 0 Å². The molecule has 1 aromatic carbocycles. The average molecular weight is 374 g/mol. The molecule has 0 saturated carbocycles. The van der Waals surface area contributed by atoms with E-state index in [1.54, 1.807) is 16.4 Å². The molecule has 2 rings (SSSR count). The van der Waals surface area contributed by atoms with Gasteiger partial charge in [0.25, 0.3) is 0 Å². The van der Waals surface area contributed by atoms with Crippen LogP contribution in [0.15, 0.2) is 27.6 Å². The molecule has 1 aliphatic rings. The van der Waals surface area contributed by atoms with E-state index in [2.05, 4.69) is 29.8 Å². The van der Waals surface area contributed by atoms with Gasteiger partial charge in [-0.25, -0.2) is 8.42 Å². The van der Waals surface area contributed by atoms with Crippen molar-refractivity contribution in [1.29, 1.82) is 0 Å². The maximum absolute atomic E-state index is 12.7. The van der Waals surface area contributed by atoms with Crippen LogP contribution in [-0.2, 0) is 10.0 Å². The lowest BCUT2D eigenvalue weighted by molar-refractivity contribution is 0.141. The standard InChI is InChI=1S/C16H24BrNO2S/c1-4-16(5-2)8-10-18(11-9-16)21(19,20)14-6-7-15(17)13(3)12-14/h6-7,12H,4-5,8-11H2,1-3H3. The number of piperidine rings is 1. The number of nitrogens with zero attached hydrogens (tertiary/aromatic N) is 1. The van der Waals surface area contributed by atoms with Crippen LogP contribution in [0.2, 0.25) is 0 Å². The molecule has 0 atom stereocenters. The highest BCUT2D eigenvalue weighted by atomic mass is 79.9. The monoisotopic (exact) mass is 373 g/mol. The predicted octanol–water partition coefficient (Wildman–Crippen LogP) is 4.35. The molecule has 0 bridgehead atoms. The van der Waals surface area contributed by atoms with Crippen LogP contribution in [-0.4, -0.2) is 25.8 Å². The van der Waals surface area contributed by atoms with Gasteiger partial charge in [0.05, 0.1) is 4.90 Å². The van der Waals surface area contributed by atoms with Gasteiger partial charge in [0.15, 0.2) is 0 Å². The Morgan fingerprint density at radius 3 is 2.24 bits per heavy atom. The summed E-state index contributed by atoms with van der Waals surface area (Å²) in [5.41, 5.74) is 1.28. The van der Waals surface area contributed by atoms with Crippen molar-refractivity contribution >= 4 is 26.0 Å². The molecule has 0 spiro atoms. The summed E-state index contributed by atoms with van der Waals surface area (Å²) < 4.78 is 28.1. The van der Waals surface area contributed by atoms with Gasteiger partial charge < -0.3 is 0 Å². The van der Waals surface area contributed by atoms with Gasteiger partial charge in [0.1, 0.15) is 0 Å². The lowest BCUT2D eigenvalue weighted by Gasteiger charge is -2.40. The van der Waals surface area contributed by atoms with Crippen molar-refractivity contribution in [2.24, 2.45) is 5.41 Å². The molecule has 0 amide bonds. The third-order valence-electron chi connectivity index (χ3n) is 5.05. The third kappa shape index (κ3) is 3.35. The van der Waals surface area contributed by atoms with Gasteiger partial charge in [-0.2, -0.15) is 4.31 Å². The zero-order chi connectivity index (χ0) is 15.7. The molecule has 0 N–H and O–H groups in total. The van der Waals surface area contributed by atoms with Crippen molar-refractivity contribution in [2.75, 3.05) is 13.1 Å². The first-order valence-corrected chi connectivity index (χ1v) is 9.84. The predicted molar refractivity (Wildman–Crippen MR) is 89.9 cm³/mol. The number of aryl methyl sites for hydroxylation is 1. The first-order valence-electron chi connectivity index (χ1n) is 7.61. The van der Waals surface area contributed by atoms with Crippen LogP contribution >= 0.6 is 15.9 Å². The van der Waals surface area contributed by atoms with Crippen molar-refractivity contribution in [3.8, 4) is 0 Å². The third-order valence-corrected chi connectivity index (χ3v) is 7.83. The second-order valence-corrected chi connectivity index (χ2v) is 8.81. The van der Waals surface area contributed by atoms with Gasteiger partial charge in [-0.3, -0.25) is 0 Å². The maximum Gasteiger partial charge on any atom is 0.243 e. The Morgan fingerprint density at radius 2 is 1.76 bits per heavy atom. The molecule has 0 aliphatic carbocycles. The summed E-state index contributed by atoms with van der Waals surface area (Å²) in [5, 5.41) is 0. The van der Waals surface area contributed by atoms with Gasteiger partial charge in [-0.1, -0.05) is 42.6 Å². The highest BCUT2D eigenvalue weighted by Crippen LogP contribution is 2.39. The molecular formula is C16H24BrNO2S.